The van der Waals surface area contributed by atoms with E-state index in [1.165, 1.54) is 18.2 Å². The number of ether oxygens (including phenoxy) is 1. The predicted molar refractivity (Wildman–Crippen MR) is 89.1 cm³/mol. The maximum absolute atomic E-state index is 13.5. The van der Waals surface area contributed by atoms with Crippen LogP contribution in [0.4, 0.5) is 4.39 Å². The SMILES string of the molecule is O=S(=O)(c1ccccc1)c1ccc(COc2ccccc2F)cc1. The fraction of sp³-hybridized carbons (Fsp3) is 0.0526. The molecule has 0 saturated carbocycles. The number of rotatable bonds is 5. The number of hydrogen-bond acceptors (Lipinski definition) is 3. The van der Waals surface area contributed by atoms with Gasteiger partial charge < -0.3 is 4.74 Å². The summed E-state index contributed by atoms with van der Waals surface area (Å²) in [5.41, 5.74) is 0.755. The third kappa shape index (κ3) is 3.46. The zero-order valence-electron chi connectivity index (χ0n) is 12.7. The van der Waals surface area contributed by atoms with Crippen molar-refractivity contribution in [2.45, 2.75) is 16.4 Å². The van der Waals surface area contributed by atoms with Gasteiger partial charge in [0.2, 0.25) is 9.84 Å². The van der Waals surface area contributed by atoms with Crippen molar-refractivity contribution in [1.82, 2.24) is 0 Å². The molecule has 0 aromatic heterocycles. The molecule has 0 N–H and O–H groups in total. The van der Waals surface area contributed by atoms with Crippen molar-refractivity contribution >= 4 is 9.84 Å². The lowest BCUT2D eigenvalue weighted by molar-refractivity contribution is 0.290. The molecule has 3 aromatic carbocycles. The second-order valence-electron chi connectivity index (χ2n) is 5.18. The molecule has 0 bridgehead atoms. The summed E-state index contributed by atoms with van der Waals surface area (Å²) < 4.78 is 43.9. The lowest BCUT2D eigenvalue weighted by Crippen LogP contribution is -2.02. The molecule has 0 saturated heterocycles. The minimum absolute atomic E-state index is 0.159. The van der Waals surface area contributed by atoms with Crippen molar-refractivity contribution in [2.24, 2.45) is 0 Å². The second-order valence-corrected chi connectivity index (χ2v) is 7.13. The molecule has 0 heterocycles. The summed E-state index contributed by atoms with van der Waals surface area (Å²) in [5, 5.41) is 0. The van der Waals surface area contributed by atoms with Crippen molar-refractivity contribution in [3.63, 3.8) is 0 Å². The molecular formula is C19H15FO3S. The van der Waals surface area contributed by atoms with Gasteiger partial charge in [0.1, 0.15) is 6.61 Å². The fourth-order valence-corrected chi connectivity index (χ4v) is 3.51. The third-order valence-electron chi connectivity index (χ3n) is 3.52. The molecule has 0 unspecified atom stereocenters. The van der Waals surface area contributed by atoms with Gasteiger partial charge in [-0.1, -0.05) is 42.5 Å². The van der Waals surface area contributed by atoms with E-state index < -0.39 is 15.7 Å². The van der Waals surface area contributed by atoms with Gasteiger partial charge in [0.05, 0.1) is 9.79 Å². The van der Waals surface area contributed by atoms with Crippen molar-refractivity contribution in [2.75, 3.05) is 0 Å². The van der Waals surface area contributed by atoms with Gasteiger partial charge in [0.25, 0.3) is 0 Å². The molecule has 0 radical (unpaired) electrons. The maximum atomic E-state index is 13.5. The van der Waals surface area contributed by atoms with E-state index >= 15 is 0 Å². The number of halogens is 1. The highest BCUT2D eigenvalue weighted by Crippen LogP contribution is 2.22. The predicted octanol–water partition coefficient (Wildman–Crippen LogP) is 4.24. The molecule has 0 aliphatic rings. The summed E-state index contributed by atoms with van der Waals surface area (Å²) in [6, 6.07) is 20.8. The average molecular weight is 342 g/mol. The average Bonchev–Trinajstić information content (AvgIpc) is 2.62. The van der Waals surface area contributed by atoms with E-state index in [1.807, 2.05) is 0 Å². The van der Waals surface area contributed by atoms with Gasteiger partial charge in [0, 0.05) is 0 Å². The van der Waals surface area contributed by atoms with Crippen LogP contribution >= 0.6 is 0 Å². The van der Waals surface area contributed by atoms with Crippen LogP contribution in [0.2, 0.25) is 0 Å². The van der Waals surface area contributed by atoms with E-state index in [9.17, 15) is 12.8 Å². The number of hydrogen-bond donors (Lipinski definition) is 0. The van der Waals surface area contributed by atoms with Crippen LogP contribution in [0.1, 0.15) is 5.56 Å². The first-order valence-corrected chi connectivity index (χ1v) is 8.82. The number of sulfone groups is 1. The second kappa shape index (κ2) is 6.84. The Morgan fingerprint density at radius 1 is 0.750 bits per heavy atom. The van der Waals surface area contributed by atoms with Crippen LogP contribution < -0.4 is 4.74 Å². The van der Waals surface area contributed by atoms with Crippen molar-refractivity contribution in [1.29, 1.82) is 0 Å². The Hall–Kier alpha value is -2.66. The monoisotopic (exact) mass is 342 g/mol. The van der Waals surface area contributed by atoms with Crippen LogP contribution in [0.3, 0.4) is 0 Å². The summed E-state index contributed by atoms with van der Waals surface area (Å²) in [5.74, 6) is -0.265. The van der Waals surface area contributed by atoms with Gasteiger partial charge in [-0.3, -0.25) is 0 Å². The summed E-state index contributed by atoms with van der Waals surface area (Å²) >= 11 is 0. The van der Waals surface area contributed by atoms with Gasteiger partial charge in [-0.05, 0) is 42.0 Å². The Bertz CT molecular complexity index is 920. The standard InChI is InChI=1S/C19H15FO3S/c20-18-8-4-5-9-19(18)23-14-15-10-12-17(13-11-15)24(21,22)16-6-2-1-3-7-16/h1-13H,14H2. The molecule has 3 nitrogen and oxygen atoms in total. The molecule has 0 atom stereocenters. The Kier molecular flexibility index (Phi) is 4.62. The first kappa shape index (κ1) is 16.2. The Labute approximate surface area is 140 Å². The molecule has 24 heavy (non-hydrogen) atoms. The molecule has 0 spiro atoms. The molecule has 0 amide bonds. The van der Waals surface area contributed by atoms with Gasteiger partial charge >= 0.3 is 0 Å². The highest BCUT2D eigenvalue weighted by Gasteiger charge is 2.16. The highest BCUT2D eigenvalue weighted by molar-refractivity contribution is 7.91. The minimum atomic E-state index is -3.53. The maximum Gasteiger partial charge on any atom is 0.206 e. The lowest BCUT2D eigenvalue weighted by Gasteiger charge is -2.08. The Morgan fingerprint density at radius 3 is 2.00 bits per heavy atom. The summed E-state index contributed by atoms with van der Waals surface area (Å²) in [7, 11) is -3.53. The molecular weight excluding hydrogens is 327 g/mol. The normalized spacial score (nSPS) is 11.2. The largest absolute Gasteiger partial charge is 0.486 e. The molecule has 122 valence electrons. The first-order chi connectivity index (χ1) is 11.6. The zero-order chi connectivity index (χ0) is 17.0. The summed E-state index contributed by atoms with van der Waals surface area (Å²) in [6.45, 7) is 0.159. The van der Waals surface area contributed by atoms with E-state index in [-0.39, 0.29) is 22.1 Å². The lowest BCUT2D eigenvalue weighted by atomic mass is 10.2. The van der Waals surface area contributed by atoms with Crippen LogP contribution in [0, 0.1) is 5.82 Å². The Balaban J connectivity index is 1.75. The van der Waals surface area contributed by atoms with E-state index in [2.05, 4.69) is 0 Å². The minimum Gasteiger partial charge on any atom is -0.486 e. The topological polar surface area (TPSA) is 43.4 Å². The molecule has 0 aliphatic heterocycles. The van der Waals surface area contributed by atoms with E-state index in [1.54, 1.807) is 60.7 Å². The van der Waals surface area contributed by atoms with Gasteiger partial charge in [0.15, 0.2) is 11.6 Å². The van der Waals surface area contributed by atoms with Gasteiger partial charge in [-0.25, -0.2) is 12.8 Å². The van der Waals surface area contributed by atoms with Gasteiger partial charge in [-0.2, -0.15) is 0 Å². The van der Waals surface area contributed by atoms with Crippen LogP contribution in [0.5, 0.6) is 5.75 Å². The smallest absolute Gasteiger partial charge is 0.206 e. The van der Waals surface area contributed by atoms with E-state index in [4.69, 9.17) is 4.74 Å². The molecule has 3 rings (SSSR count). The van der Waals surface area contributed by atoms with Crippen LogP contribution in [0.15, 0.2) is 88.7 Å². The van der Waals surface area contributed by atoms with Crippen LogP contribution in [0.25, 0.3) is 0 Å². The summed E-state index contributed by atoms with van der Waals surface area (Å²) in [4.78, 5) is 0.462. The fourth-order valence-electron chi connectivity index (χ4n) is 2.22. The molecule has 0 aliphatic carbocycles. The number of benzene rings is 3. The van der Waals surface area contributed by atoms with Crippen LogP contribution in [-0.4, -0.2) is 8.42 Å². The van der Waals surface area contributed by atoms with Crippen molar-refractivity contribution < 1.29 is 17.5 Å². The Morgan fingerprint density at radius 2 is 1.33 bits per heavy atom. The first-order valence-electron chi connectivity index (χ1n) is 7.34. The quantitative estimate of drug-likeness (QED) is 0.697. The highest BCUT2D eigenvalue weighted by atomic mass is 32.2. The molecule has 5 heteroatoms. The third-order valence-corrected chi connectivity index (χ3v) is 5.30. The van der Waals surface area contributed by atoms with Crippen molar-refractivity contribution in [3.8, 4) is 5.75 Å². The molecule has 3 aromatic rings. The zero-order valence-corrected chi connectivity index (χ0v) is 13.5. The van der Waals surface area contributed by atoms with Crippen molar-refractivity contribution in [3.05, 3.63) is 90.2 Å². The van der Waals surface area contributed by atoms with Crippen LogP contribution in [-0.2, 0) is 16.4 Å². The summed E-state index contributed by atoms with van der Waals surface area (Å²) in [6.07, 6.45) is 0. The van der Waals surface area contributed by atoms with E-state index in [0.29, 0.717) is 0 Å². The van der Waals surface area contributed by atoms with Gasteiger partial charge in [-0.15, -0.1) is 0 Å². The number of para-hydroxylation sites is 1. The molecule has 0 fully saturated rings. The van der Waals surface area contributed by atoms with E-state index in [0.717, 1.165) is 5.56 Å².